The van der Waals surface area contributed by atoms with Gasteiger partial charge in [0.25, 0.3) is 0 Å². The standard InChI is InChI=1S/C16H19BrN2OS/c1-20-16-9-12(18-10-19-16)8-13(17)15-7-11-5-3-2-4-6-14(11)21-15/h7,9-10,13H,2-6,8H2,1H3. The van der Waals surface area contributed by atoms with E-state index >= 15 is 0 Å². The van der Waals surface area contributed by atoms with E-state index in [2.05, 4.69) is 32.0 Å². The second-order valence-corrected chi connectivity index (χ2v) is 7.65. The molecule has 0 saturated carbocycles. The van der Waals surface area contributed by atoms with Gasteiger partial charge in [-0.15, -0.1) is 11.3 Å². The van der Waals surface area contributed by atoms with Gasteiger partial charge < -0.3 is 4.74 Å². The molecular formula is C16H19BrN2OS. The summed E-state index contributed by atoms with van der Waals surface area (Å²) in [6.07, 6.45) is 8.96. The molecule has 1 aliphatic rings. The molecule has 0 radical (unpaired) electrons. The van der Waals surface area contributed by atoms with Crippen molar-refractivity contribution in [2.75, 3.05) is 7.11 Å². The molecular weight excluding hydrogens is 348 g/mol. The lowest BCUT2D eigenvalue weighted by Crippen LogP contribution is -1.98. The Morgan fingerprint density at radius 3 is 2.95 bits per heavy atom. The number of thiophene rings is 1. The third-order valence-electron chi connectivity index (χ3n) is 3.87. The molecule has 0 saturated heterocycles. The van der Waals surface area contributed by atoms with Crippen LogP contribution in [0.1, 0.15) is 45.1 Å². The number of hydrogen-bond donors (Lipinski definition) is 0. The lowest BCUT2D eigenvalue weighted by Gasteiger charge is -2.08. The summed E-state index contributed by atoms with van der Waals surface area (Å²) in [5.41, 5.74) is 2.57. The summed E-state index contributed by atoms with van der Waals surface area (Å²) in [6, 6.07) is 4.30. The number of fused-ring (bicyclic) bond motifs is 1. The molecule has 112 valence electrons. The maximum Gasteiger partial charge on any atom is 0.216 e. The van der Waals surface area contributed by atoms with Crippen LogP contribution in [0.3, 0.4) is 0 Å². The Labute approximate surface area is 137 Å². The van der Waals surface area contributed by atoms with Crippen molar-refractivity contribution in [3.8, 4) is 5.88 Å². The first-order chi connectivity index (χ1) is 10.3. The fourth-order valence-electron chi connectivity index (χ4n) is 2.73. The van der Waals surface area contributed by atoms with Gasteiger partial charge in [-0.3, -0.25) is 0 Å². The molecule has 1 atom stereocenters. The van der Waals surface area contributed by atoms with Gasteiger partial charge >= 0.3 is 0 Å². The monoisotopic (exact) mass is 366 g/mol. The van der Waals surface area contributed by atoms with Crippen molar-refractivity contribution in [1.29, 1.82) is 0 Å². The van der Waals surface area contributed by atoms with Crippen LogP contribution in [-0.2, 0) is 19.3 Å². The highest BCUT2D eigenvalue weighted by Gasteiger charge is 2.17. The molecule has 0 N–H and O–H groups in total. The normalized spacial score (nSPS) is 16.1. The fourth-order valence-corrected chi connectivity index (χ4v) is 4.71. The number of nitrogens with zero attached hydrogens (tertiary/aromatic N) is 2. The van der Waals surface area contributed by atoms with E-state index in [4.69, 9.17) is 4.74 Å². The molecule has 0 aromatic carbocycles. The summed E-state index contributed by atoms with van der Waals surface area (Å²) in [5, 5.41) is 0. The van der Waals surface area contributed by atoms with Crippen molar-refractivity contribution in [2.45, 2.75) is 43.4 Å². The number of ether oxygens (including phenoxy) is 1. The zero-order chi connectivity index (χ0) is 14.7. The number of halogens is 1. The minimum absolute atomic E-state index is 0.314. The lowest BCUT2D eigenvalue weighted by molar-refractivity contribution is 0.396. The number of aryl methyl sites for hydroxylation is 2. The zero-order valence-electron chi connectivity index (χ0n) is 12.1. The van der Waals surface area contributed by atoms with E-state index < -0.39 is 0 Å². The Bertz CT molecular complexity index is 591. The van der Waals surface area contributed by atoms with Gasteiger partial charge in [-0.05, 0) is 37.3 Å². The van der Waals surface area contributed by atoms with E-state index in [1.54, 1.807) is 23.9 Å². The van der Waals surface area contributed by atoms with Crippen molar-refractivity contribution in [2.24, 2.45) is 0 Å². The number of aromatic nitrogens is 2. The Balaban J connectivity index is 1.74. The van der Waals surface area contributed by atoms with E-state index in [1.165, 1.54) is 37.0 Å². The molecule has 21 heavy (non-hydrogen) atoms. The van der Waals surface area contributed by atoms with Crippen molar-refractivity contribution >= 4 is 27.3 Å². The van der Waals surface area contributed by atoms with Gasteiger partial charge in [0, 0.05) is 27.9 Å². The summed E-state index contributed by atoms with van der Waals surface area (Å²) in [5.74, 6) is 0.627. The highest BCUT2D eigenvalue weighted by molar-refractivity contribution is 9.09. The summed E-state index contributed by atoms with van der Waals surface area (Å²) in [4.78, 5) is 11.7. The maximum atomic E-state index is 5.16. The fraction of sp³-hybridized carbons (Fsp3) is 0.500. The minimum Gasteiger partial charge on any atom is -0.481 e. The predicted molar refractivity (Wildman–Crippen MR) is 89.5 cm³/mol. The van der Waals surface area contributed by atoms with Crippen LogP contribution in [0.5, 0.6) is 5.88 Å². The minimum atomic E-state index is 0.314. The van der Waals surface area contributed by atoms with E-state index in [1.807, 2.05) is 17.4 Å². The Kier molecular flexibility index (Phi) is 4.91. The quantitative estimate of drug-likeness (QED) is 0.590. The summed E-state index contributed by atoms with van der Waals surface area (Å²) in [6.45, 7) is 0. The van der Waals surface area contributed by atoms with Crippen LogP contribution in [0.25, 0.3) is 0 Å². The van der Waals surface area contributed by atoms with Crippen LogP contribution < -0.4 is 4.74 Å². The smallest absolute Gasteiger partial charge is 0.216 e. The molecule has 3 nitrogen and oxygen atoms in total. The third kappa shape index (κ3) is 3.64. The van der Waals surface area contributed by atoms with Gasteiger partial charge in [-0.1, -0.05) is 22.4 Å². The first-order valence-corrected chi connectivity index (χ1v) is 9.10. The first kappa shape index (κ1) is 15.0. The van der Waals surface area contributed by atoms with Gasteiger partial charge in [0.15, 0.2) is 0 Å². The molecule has 3 rings (SSSR count). The van der Waals surface area contributed by atoms with Crippen molar-refractivity contribution in [3.63, 3.8) is 0 Å². The van der Waals surface area contributed by atoms with Gasteiger partial charge in [0.05, 0.1) is 11.9 Å². The van der Waals surface area contributed by atoms with Gasteiger partial charge in [-0.25, -0.2) is 9.97 Å². The number of rotatable bonds is 4. The van der Waals surface area contributed by atoms with E-state index in [9.17, 15) is 0 Å². The maximum absolute atomic E-state index is 5.16. The average Bonchev–Trinajstić information content (AvgIpc) is 2.79. The molecule has 2 aromatic heterocycles. The Morgan fingerprint density at radius 1 is 1.24 bits per heavy atom. The number of hydrogen-bond acceptors (Lipinski definition) is 4. The SMILES string of the molecule is COc1cc(CC(Br)c2cc3c(s2)CCCCC3)ncn1. The molecule has 0 spiro atoms. The zero-order valence-corrected chi connectivity index (χ0v) is 14.5. The highest BCUT2D eigenvalue weighted by Crippen LogP contribution is 2.37. The second kappa shape index (κ2) is 6.88. The molecule has 1 unspecified atom stereocenters. The Hall–Kier alpha value is -0.940. The molecule has 0 aliphatic heterocycles. The molecule has 2 heterocycles. The molecule has 0 fully saturated rings. The predicted octanol–water partition coefficient (Wildman–Crippen LogP) is 4.49. The van der Waals surface area contributed by atoms with Crippen molar-refractivity contribution in [3.05, 3.63) is 39.5 Å². The van der Waals surface area contributed by atoms with Gasteiger partial charge in [-0.2, -0.15) is 0 Å². The largest absolute Gasteiger partial charge is 0.481 e. The van der Waals surface area contributed by atoms with Crippen LogP contribution in [0.15, 0.2) is 18.5 Å². The Morgan fingerprint density at radius 2 is 2.10 bits per heavy atom. The van der Waals surface area contributed by atoms with Crippen LogP contribution in [0, 0.1) is 0 Å². The topological polar surface area (TPSA) is 35.0 Å². The van der Waals surface area contributed by atoms with E-state index in [0.29, 0.717) is 10.7 Å². The van der Waals surface area contributed by atoms with Crippen molar-refractivity contribution < 1.29 is 4.74 Å². The third-order valence-corrected chi connectivity index (χ3v) is 6.34. The molecule has 5 heteroatoms. The number of alkyl halides is 1. The van der Waals surface area contributed by atoms with Gasteiger partial charge in [0.1, 0.15) is 6.33 Å². The van der Waals surface area contributed by atoms with Crippen LogP contribution in [-0.4, -0.2) is 17.1 Å². The second-order valence-electron chi connectivity index (χ2n) is 5.38. The highest BCUT2D eigenvalue weighted by atomic mass is 79.9. The molecule has 1 aliphatic carbocycles. The number of methoxy groups -OCH3 is 1. The average molecular weight is 367 g/mol. The van der Waals surface area contributed by atoms with Crippen LogP contribution in [0.2, 0.25) is 0 Å². The van der Waals surface area contributed by atoms with Crippen LogP contribution >= 0.6 is 27.3 Å². The van der Waals surface area contributed by atoms with E-state index in [0.717, 1.165) is 12.1 Å². The van der Waals surface area contributed by atoms with Crippen molar-refractivity contribution in [1.82, 2.24) is 9.97 Å². The summed E-state index contributed by atoms with van der Waals surface area (Å²) >= 11 is 5.79. The van der Waals surface area contributed by atoms with Crippen LogP contribution in [0.4, 0.5) is 0 Å². The molecule has 0 amide bonds. The lowest BCUT2D eigenvalue weighted by atomic mass is 10.1. The first-order valence-electron chi connectivity index (χ1n) is 7.36. The van der Waals surface area contributed by atoms with E-state index in [-0.39, 0.29) is 0 Å². The van der Waals surface area contributed by atoms with Gasteiger partial charge in [0.2, 0.25) is 5.88 Å². The molecule has 2 aromatic rings. The molecule has 0 bridgehead atoms. The summed E-state index contributed by atoms with van der Waals surface area (Å²) in [7, 11) is 1.63. The summed E-state index contributed by atoms with van der Waals surface area (Å²) < 4.78 is 5.16.